The van der Waals surface area contributed by atoms with Crippen molar-refractivity contribution in [2.45, 2.75) is 13.0 Å². The number of rotatable bonds is 5. The van der Waals surface area contributed by atoms with E-state index < -0.39 is 0 Å². The summed E-state index contributed by atoms with van der Waals surface area (Å²) in [6.07, 6.45) is 2.73. The second kappa shape index (κ2) is 5.89. The van der Waals surface area contributed by atoms with Crippen LogP contribution in [0.15, 0.2) is 30.5 Å². The Bertz CT molecular complexity index is 525. The maximum absolute atomic E-state index is 9.31. The molecule has 0 fully saturated rings. The second-order valence-electron chi connectivity index (χ2n) is 4.16. The summed E-state index contributed by atoms with van der Waals surface area (Å²) in [4.78, 5) is 0. The van der Waals surface area contributed by atoms with Gasteiger partial charge in [-0.15, -0.1) is 0 Å². The molecule has 0 spiro atoms. The lowest BCUT2D eigenvalue weighted by molar-refractivity contribution is 0.475. The van der Waals surface area contributed by atoms with Crippen molar-refractivity contribution in [1.82, 2.24) is 15.1 Å². The highest BCUT2D eigenvalue weighted by atomic mass is 35.5. The van der Waals surface area contributed by atoms with Gasteiger partial charge in [-0.05, 0) is 23.8 Å². The van der Waals surface area contributed by atoms with E-state index in [1.807, 2.05) is 23.9 Å². The molecule has 1 aromatic carbocycles. The minimum Gasteiger partial charge on any atom is -0.506 e. The summed E-state index contributed by atoms with van der Waals surface area (Å²) in [5, 5.41) is 17.1. The fraction of sp³-hybridized carbons (Fsp3) is 0.308. The second-order valence-corrected chi connectivity index (χ2v) is 4.57. The van der Waals surface area contributed by atoms with Crippen LogP contribution in [0.5, 0.6) is 5.75 Å². The number of nitrogens with one attached hydrogen (secondary N) is 1. The first-order valence-corrected chi connectivity index (χ1v) is 6.19. The highest BCUT2D eigenvalue weighted by Gasteiger charge is 2.01. The van der Waals surface area contributed by atoms with Crippen molar-refractivity contribution in [2.24, 2.45) is 7.05 Å². The van der Waals surface area contributed by atoms with Gasteiger partial charge < -0.3 is 10.4 Å². The van der Waals surface area contributed by atoms with Crippen LogP contribution >= 0.6 is 11.6 Å². The van der Waals surface area contributed by atoms with Crippen molar-refractivity contribution in [1.29, 1.82) is 0 Å². The number of benzene rings is 1. The number of aryl methyl sites for hydroxylation is 1. The Morgan fingerprint density at radius 1 is 1.39 bits per heavy atom. The first-order valence-electron chi connectivity index (χ1n) is 5.82. The largest absolute Gasteiger partial charge is 0.506 e. The van der Waals surface area contributed by atoms with Gasteiger partial charge in [0.2, 0.25) is 0 Å². The van der Waals surface area contributed by atoms with Crippen molar-refractivity contribution in [2.75, 3.05) is 6.54 Å². The Hall–Kier alpha value is -1.52. The smallest absolute Gasteiger partial charge is 0.134 e. The zero-order valence-corrected chi connectivity index (χ0v) is 11.0. The molecule has 0 aliphatic heterocycles. The van der Waals surface area contributed by atoms with Crippen molar-refractivity contribution >= 4 is 11.6 Å². The molecule has 0 amide bonds. The average Bonchev–Trinajstić information content (AvgIpc) is 2.75. The number of hydrogen-bond acceptors (Lipinski definition) is 3. The summed E-state index contributed by atoms with van der Waals surface area (Å²) in [5.41, 5.74) is 2.26. The third-order valence-electron chi connectivity index (χ3n) is 2.82. The molecule has 1 heterocycles. The lowest BCUT2D eigenvalue weighted by Gasteiger charge is -2.06. The molecule has 0 bridgehead atoms. The maximum atomic E-state index is 9.31. The van der Waals surface area contributed by atoms with E-state index in [1.165, 1.54) is 5.69 Å². The Morgan fingerprint density at radius 2 is 2.22 bits per heavy atom. The molecule has 96 valence electrons. The quantitative estimate of drug-likeness (QED) is 0.814. The van der Waals surface area contributed by atoms with Gasteiger partial charge in [-0.1, -0.05) is 17.7 Å². The van der Waals surface area contributed by atoms with E-state index in [2.05, 4.69) is 10.4 Å². The van der Waals surface area contributed by atoms with E-state index in [9.17, 15) is 5.11 Å². The minimum atomic E-state index is 0.121. The van der Waals surface area contributed by atoms with E-state index in [1.54, 1.807) is 18.3 Å². The van der Waals surface area contributed by atoms with Crippen molar-refractivity contribution in [3.8, 4) is 5.75 Å². The average molecular weight is 266 g/mol. The molecule has 18 heavy (non-hydrogen) atoms. The number of halogens is 1. The van der Waals surface area contributed by atoms with Gasteiger partial charge in [-0.2, -0.15) is 5.10 Å². The van der Waals surface area contributed by atoms with Gasteiger partial charge in [-0.3, -0.25) is 4.68 Å². The van der Waals surface area contributed by atoms with Crippen LogP contribution in [0.25, 0.3) is 0 Å². The Kier molecular flexibility index (Phi) is 4.23. The van der Waals surface area contributed by atoms with Gasteiger partial charge in [0, 0.05) is 38.4 Å². The van der Waals surface area contributed by atoms with Crippen LogP contribution in [-0.4, -0.2) is 21.4 Å². The molecule has 0 unspecified atom stereocenters. The normalized spacial score (nSPS) is 10.8. The standard InChI is InChI=1S/C13H16ClN3O/c1-17-11(5-7-16-17)4-6-15-9-10-2-3-13(18)12(14)8-10/h2-3,5,7-8,15,18H,4,6,9H2,1H3. The molecule has 1 aromatic heterocycles. The Morgan fingerprint density at radius 3 is 2.89 bits per heavy atom. The van der Waals surface area contributed by atoms with Crippen LogP contribution in [0.3, 0.4) is 0 Å². The Balaban J connectivity index is 1.78. The topological polar surface area (TPSA) is 50.1 Å². The van der Waals surface area contributed by atoms with Crippen LogP contribution in [0.1, 0.15) is 11.3 Å². The Labute approximate surface area is 111 Å². The fourth-order valence-corrected chi connectivity index (χ4v) is 1.96. The maximum Gasteiger partial charge on any atom is 0.134 e. The predicted molar refractivity (Wildman–Crippen MR) is 71.7 cm³/mol. The fourth-order valence-electron chi connectivity index (χ4n) is 1.76. The van der Waals surface area contributed by atoms with Crippen molar-refractivity contribution in [3.63, 3.8) is 0 Å². The number of phenolic OH excluding ortho intramolecular Hbond substituents is 1. The number of hydrogen-bond donors (Lipinski definition) is 2. The molecule has 0 saturated heterocycles. The molecule has 0 aliphatic rings. The predicted octanol–water partition coefficient (Wildman–Crippen LogP) is 2.11. The lowest BCUT2D eigenvalue weighted by atomic mass is 10.2. The molecular formula is C13H16ClN3O. The minimum absolute atomic E-state index is 0.121. The van der Waals surface area contributed by atoms with E-state index >= 15 is 0 Å². The van der Waals surface area contributed by atoms with E-state index in [-0.39, 0.29) is 5.75 Å². The molecular weight excluding hydrogens is 250 g/mol. The summed E-state index contributed by atoms with van der Waals surface area (Å²) in [5.74, 6) is 0.121. The van der Waals surface area contributed by atoms with E-state index in [4.69, 9.17) is 11.6 Å². The van der Waals surface area contributed by atoms with Crippen LogP contribution in [0.2, 0.25) is 5.02 Å². The van der Waals surface area contributed by atoms with Gasteiger partial charge in [0.15, 0.2) is 0 Å². The summed E-state index contributed by atoms with van der Waals surface area (Å²) >= 11 is 5.84. The molecule has 4 nitrogen and oxygen atoms in total. The van der Waals surface area contributed by atoms with Gasteiger partial charge >= 0.3 is 0 Å². The molecule has 0 atom stereocenters. The van der Waals surface area contributed by atoms with Crippen LogP contribution in [0.4, 0.5) is 0 Å². The highest BCUT2D eigenvalue weighted by molar-refractivity contribution is 6.32. The van der Waals surface area contributed by atoms with Crippen molar-refractivity contribution < 1.29 is 5.11 Å². The highest BCUT2D eigenvalue weighted by Crippen LogP contribution is 2.23. The van der Waals surface area contributed by atoms with Crippen LogP contribution < -0.4 is 5.32 Å². The van der Waals surface area contributed by atoms with Gasteiger partial charge in [-0.25, -0.2) is 0 Å². The van der Waals surface area contributed by atoms with Crippen LogP contribution in [0, 0.1) is 0 Å². The zero-order valence-electron chi connectivity index (χ0n) is 10.2. The summed E-state index contributed by atoms with van der Waals surface area (Å²) < 4.78 is 1.87. The van der Waals surface area contributed by atoms with Crippen molar-refractivity contribution in [3.05, 3.63) is 46.7 Å². The number of aromatic nitrogens is 2. The first-order chi connectivity index (χ1) is 8.66. The summed E-state index contributed by atoms with van der Waals surface area (Å²) in [6, 6.07) is 7.26. The van der Waals surface area contributed by atoms with Gasteiger partial charge in [0.1, 0.15) is 5.75 Å². The summed E-state index contributed by atoms with van der Waals surface area (Å²) in [6.45, 7) is 1.61. The zero-order chi connectivity index (χ0) is 13.0. The number of aromatic hydroxyl groups is 1. The number of phenols is 1. The monoisotopic (exact) mass is 265 g/mol. The number of nitrogens with zero attached hydrogens (tertiary/aromatic N) is 2. The third kappa shape index (κ3) is 3.24. The van der Waals surface area contributed by atoms with Crippen LogP contribution in [-0.2, 0) is 20.0 Å². The lowest BCUT2D eigenvalue weighted by Crippen LogP contribution is -2.17. The molecule has 0 radical (unpaired) electrons. The SMILES string of the molecule is Cn1nccc1CCNCc1ccc(O)c(Cl)c1. The summed E-state index contributed by atoms with van der Waals surface area (Å²) in [7, 11) is 1.94. The molecule has 0 aliphatic carbocycles. The first kappa shape index (κ1) is 12.9. The molecule has 5 heteroatoms. The van der Waals surface area contributed by atoms with E-state index in [0.29, 0.717) is 5.02 Å². The molecule has 2 rings (SSSR count). The molecule has 2 N–H and O–H groups in total. The molecule has 0 saturated carbocycles. The third-order valence-corrected chi connectivity index (χ3v) is 3.12. The van der Waals surface area contributed by atoms with E-state index in [0.717, 1.165) is 25.1 Å². The van der Waals surface area contributed by atoms with Gasteiger partial charge in [0.05, 0.1) is 5.02 Å². The molecule has 2 aromatic rings. The van der Waals surface area contributed by atoms with Gasteiger partial charge in [0.25, 0.3) is 0 Å².